The lowest BCUT2D eigenvalue weighted by atomic mass is 9.74. The van der Waals surface area contributed by atoms with Crippen LogP contribution < -0.4 is 9.47 Å². The monoisotopic (exact) mass is 396 g/mol. The molecule has 1 aromatic rings. The lowest BCUT2D eigenvalue weighted by Gasteiger charge is -2.37. The maximum atomic E-state index is 12.7. The Kier molecular flexibility index (Phi) is 7.58. The van der Waals surface area contributed by atoms with E-state index in [0.29, 0.717) is 38.1 Å². The summed E-state index contributed by atoms with van der Waals surface area (Å²) >= 11 is 0. The van der Waals surface area contributed by atoms with Crippen molar-refractivity contribution in [1.82, 2.24) is 4.90 Å². The number of esters is 1. The Morgan fingerprint density at radius 1 is 1.29 bits per heavy atom. The average Bonchev–Trinajstić information content (AvgIpc) is 2.67. The molecule has 2 rings (SSSR count). The largest absolute Gasteiger partial charge is 0.489 e. The van der Waals surface area contributed by atoms with Crippen molar-refractivity contribution in [2.45, 2.75) is 38.7 Å². The van der Waals surface area contributed by atoms with Gasteiger partial charge in [-0.1, -0.05) is 19.9 Å². The number of piperidine rings is 1. The van der Waals surface area contributed by atoms with E-state index in [-0.39, 0.29) is 29.9 Å². The van der Waals surface area contributed by atoms with E-state index in [2.05, 4.69) is 15.5 Å². The first-order chi connectivity index (χ1) is 13.3. The fraction of sp³-hybridized carbons (Fsp3) is 0.600. The molecule has 154 valence electrons. The summed E-state index contributed by atoms with van der Waals surface area (Å²) in [5, 5.41) is 9.88. The number of nitriles is 1. The van der Waals surface area contributed by atoms with Crippen LogP contribution in [0.15, 0.2) is 18.2 Å². The predicted molar refractivity (Wildman–Crippen MR) is 98.4 cm³/mol. The number of carbonyl (C=O) groups excluding carboxylic acids is 1. The van der Waals surface area contributed by atoms with Crippen molar-refractivity contribution in [2.24, 2.45) is 5.92 Å². The minimum atomic E-state index is -2.96. The molecule has 0 spiro atoms. The molecule has 0 N–H and O–H groups in total. The van der Waals surface area contributed by atoms with E-state index in [1.165, 1.54) is 13.2 Å². The molecule has 0 unspecified atom stereocenters. The number of carbonyl (C=O) groups is 1. The number of likely N-dealkylation sites (tertiary alicyclic amines) is 1. The fourth-order valence-corrected chi connectivity index (χ4v) is 3.17. The van der Waals surface area contributed by atoms with Gasteiger partial charge in [0.1, 0.15) is 0 Å². The van der Waals surface area contributed by atoms with E-state index >= 15 is 0 Å². The topological polar surface area (TPSA) is 71.8 Å². The zero-order chi connectivity index (χ0) is 20.7. The van der Waals surface area contributed by atoms with Gasteiger partial charge in [0.15, 0.2) is 11.5 Å². The molecule has 28 heavy (non-hydrogen) atoms. The highest BCUT2D eigenvalue weighted by molar-refractivity contribution is 5.71. The summed E-state index contributed by atoms with van der Waals surface area (Å²) in [5.41, 5.74) is -0.0700. The molecular weight excluding hydrogens is 370 g/mol. The number of nitrogens with zero attached hydrogens (tertiary/aromatic N) is 2. The Hall–Kier alpha value is -2.40. The summed E-state index contributed by atoms with van der Waals surface area (Å²) in [6, 6.07) is 7.08. The second-order valence-corrected chi connectivity index (χ2v) is 7.29. The van der Waals surface area contributed by atoms with Crippen LogP contribution in [-0.4, -0.2) is 50.8 Å². The van der Waals surface area contributed by atoms with Gasteiger partial charge in [-0.2, -0.15) is 14.0 Å². The number of rotatable bonds is 8. The van der Waals surface area contributed by atoms with Crippen LogP contribution in [0.5, 0.6) is 11.5 Å². The van der Waals surface area contributed by atoms with Gasteiger partial charge >= 0.3 is 12.6 Å². The Morgan fingerprint density at radius 3 is 2.50 bits per heavy atom. The number of benzene rings is 1. The van der Waals surface area contributed by atoms with Gasteiger partial charge in [-0.15, -0.1) is 0 Å². The molecular formula is C20H26F2N2O4. The number of hydrogen-bond acceptors (Lipinski definition) is 6. The highest BCUT2D eigenvalue weighted by Gasteiger charge is 2.37. The van der Waals surface area contributed by atoms with E-state index in [1.807, 2.05) is 18.7 Å². The molecule has 1 aromatic carbocycles. The Balaban J connectivity index is 2.23. The van der Waals surface area contributed by atoms with Crippen LogP contribution in [0.25, 0.3) is 0 Å². The molecule has 0 amide bonds. The Morgan fingerprint density at radius 2 is 1.96 bits per heavy atom. The van der Waals surface area contributed by atoms with E-state index in [0.717, 1.165) is 0 Å². The van der Waals surface area contributed by atoms with Crippen LogP contribution in [-0.2, 0) is 14.9 Å². The van der Waals surface area contributed by atoms with Crippen molar-refractivity contribution in [3.05, 3.63) is 23.8 Å². The van der Waals surface area contributed by atoms with Crippen molar-refractivity contribution in [3.63, 3.8) is 0 Å². The molecule has 0 atom stereocenters. The summed E-state index contributed by atoms with van der Waals surface area (Å²) in [5.74, 6) is 0.0469. The third-order valence-corrected chi connectivity index (χ3v) is 4.79. The van der Waals surface area contributed by atoms with E-state index in [1.54, 1.807) is 12.1 Å². The maximum absolute atomic E-state index is 12.7. The third kappa shape index (κ3) is 5.55. The first kappa shape index (κ1) is 21.9. The molecule has 0 aliphatic carbocycles. The first-order valence-electron chi connectivity index (χ1n) is 9.22. The number of ether oxygens (including phenoxy) is 3. The van der Waals surface area contributed by atoms with Gasteiger partial charge in [0.2, 0.25) is 0 Å². The molecule has 1 saturated heterocycles. The van der Waals surface area contributed by atoms with Crippen LogP contribution in [0.2, 0.25) is 0 Å². The number of methoxy groups -OCH3 is 1. The summed E-state index contributed by atoms with van der Waals surface area (Å²) in [7, 11) is 1.34. The molecule has 0 aromatic heterocycles. The third-order valence-electron chi connectivity index (χ3n) is 4.79. The van der Waals surface area contributed by atoms with Gasteiger partial charge in [0.05, 0.1) is 31.7 Å². The fourth-order valence-electron chi connectivity index (χ4n) is 3.17. The quantitative estimate of drug-likeness (QED) is 0.628. The summed E-state index contributed by atoms with van der Waals surface area (Å²) < 4.78 is 40.3. The summed E-state index contributed by atoms with van der Waals surface area (Å²) in [6.07, 6.45) is 1.03. The second-order valence-electron chi connectivity index (χ2n) is 7.29. The molecule has 1 aliphatic heterocycles. The van der Waals surface area contributed by atoms with Gasteiger partial charge < -0.3 is 14.2 Å². The first-order valence-corrected chi connectivity index (χ1v) is 9.22. The maximum Gasteiger partial charge on any atom is 0.387 e. The smallest absolute Gasteiger partial charge is 0.387 e. The molecule has 6 nitrogen and oxygen atoms in total. The zero-order valence-electron chi connectivity index (χ0n) is 16.4. The van der Waals surface area contributed by atoms with E-state index < -0.39 is 12.0 Å². The summed E-state index contributed by atoms with van der Waals surface area (Å²) in [6.45, 7) is 2.58. The Bertz CT molecular complexity index is 711. The van der Waals surface area contributed by atoms with Crippen molar-refractivity contribution in [1.29, 1.82) is 5.26 Å². The number of hydrogen-bond donors (Lipinski definition) is 0. The van der Waals surface area contributed by atoms with Gasteiger partial charge in [0, 0.05) is 13.1 Å². The van der Waals surface area contributed by atoms with Crippen LogP contribution >= 0.6 is 0 Å². The van der Waals surface area contributed by atoms with Gasteiger partial charge in [-0.3, -0.25) is 9.69 Å². The molecule has 1 fully saturated rings. The van der Waals surface area contributed by atoms with Crippen molar-refractivity contribution >= 4 is 5.97 Å². The van der Waals surface area contributed by atoms with Crippen molar-refractivity contribution in [2.75, 3.05) is 33.4 Å². The SMILES string of the molecule is COC(=O)CN1CCC(C#N)(c2ccc(OC(F)F)c(OCC(C)C)c2)CC1. The van der Waals surface area contributed by atoms with Crippen LogP contribution in [0.1, 0.15) is 32.3 Å². The second kappa shape index (κ2) is 9.69. The zero-order valence-corrected chi connectivity index (χ0v) is 16.4. The van der Waals surface area contributed by atoms with E-state index in [9.17, 15) is 18.8 Å². The van der Waals surface area contributed by atoms with Crippen LogP contribution in [0.4, 0.5) is 8.78 Å². The molecule has 0 saturated carbocycles. The average molecular weight is 396 g/mol. The van der Waals surface area contributed by atoms with Crippen molar-refractivity contribution in [3.8, 4) is 17.6 Å². The Labute approximate surface area is 164 Å². The van der Waals surface area contributed by atoms with Gasteiger partial charge in [-0.05, 0) is 36.5 Å². The standard InChI is InChI=1S/C20H26F2N2O4/c1-14(2)12-27-17-10-15(4-5-16(17)28-19(21)22)20(13-23)6-8-24(9-7-20)11-18(25)26-3/h4-5,10,14,19H,6-9,11-12H2,1-3H3. The molecule has 0 radical (unpaired) electrons. The molecule has 0 bridgehead atoms. The molecule has 8 heteroatoms. The minimum absolute atomic E-state index is 0.0457. The highest BCUT2D eigenvalue weighted by Crippen LogP contribution is 2.40. The minimum Gasteiger partial charge on any atom is -0.489 e. The lowest BCUT2D eigenvalue weighted by molar-refractivity contribution is -0.142. The predicted octanol–water partition coefficient (Wildman–Crippen LogP) is 3.35. The van der Waals surface area contributed by atoms with Crippen molar-refractivity contribution < 1.29 is 27.8 Å². The highest BCUT2D eigenvalue weighted by atomic mass is 19.3. The van der Waals surface area contributed by atoms with Crippen LogP contribution in [0, 0.1) is 17.2 Å². The molecule has 1 aliphatic rings. The lowest BCUT2D eigenvalue weighted by Crippen LogP contribution is -2.44. The number of halogens is 2. The number of alkyl halides is 2. The molecule has 1 heterocycles. The summed E-state index contributed by atoms with van der Waals surface area (Å²) in [4.78, 5) is 13.4. The van der Waals surface area contributed by atoms with Gasteiger partial charge in [-0.25, -0.2) is 0 Å². The normalized spacial score (nSPS) is 16.6. The van der Waals surface area contributed by atoms with Gasteiger partial charge in [0.25, 0.3) is 0 Å². The van der Waals surface area contributed by atoms with E-state index in [4.69, 9.17) is 4.74 Å². The van der Waals surface area contributed by atoms with Crippen LogP contribution in [0.3, 0.4) is 0 Å².